The van der Waals surface area contributed by atoms with Gasteiger partial charge in [0.2, 0.25) is 0 Å². The van der Waals surface area contributed by atoms with Gasteiger partial charge in [0.1, 0.15) is 0 Å². The summed E-state index contributed by atoms with van der Waals surface area (Å²) in [7, 11) is 0. The maximum atomic E-state index is 11.5. The van der Waals surface area contributed by atoms with E-state index >= 15 is 0 Å². The zero-order valence-corrected chi connectivity index (χ0v) is 5.80. The highest BCUT2D eigenvalue weighted by atomic mass is 19.4. The molecule has 0 aromatic rings. The molecule has 0 saturated heterocycles. The first-order valence-electron chi connectivity index (χ1n) is 2.82. The van der Waals surface area contributed by atoms with Crippen LogP contribution in [0, 0.1) is 11.3 Å². The zero-order chi connectivity index (χ0) is 9.61. The maximum Gasteiger partial charge on any atom is 0.454 e. The monoisotopic (exact) mass is 175 g/mol. The topological polar surface area (TPSA) is 40.9 Å². The van der Waals surface area contributed by atoms with E-state index in [2.05, 4.69) is 0 Å². The van der Waals surface area contributed by atoms with Crippen LogP contribution in [0.25, 0.3) is 0 Å². The Hall–Kier alpha value is -1.57. The Kier molecular flexibility index (Phi) is 3.77. The normalized spacial score (nSPS) is 12.2. The van der Waals surface area contributed by atoms with Gasteiger partial charge >= 0.3 is 6.18 Å². The maximum absolute atomic E-state index is 11.5. The molecule has 0 aromatic carbocycles. The second-order valence-electron chi connectivity index (χ2n) is 1.71. The van der Waals surface area contributed by atoms with Crippen molar-refractivity contribution in [2.24, 2.45) is 0 Å². The molecular weight excluding hydrogens is 171 g/mol. The van der Waals surface area contributed by atoms with Gasteiger partial charge in [0.15, 0.2) is 0 Å². The molecule has 0 spiro atoms. The van der Waals surface area contributed by atoms with Gasteiger partial charge in [0.05, 0.1) is 6.07 Å². The highest BCUT2D eigenvalue weighted by Gasteiger charge is 2.35. The predicted octanol–water partition coefficient (Wildman–Crippen LogP) is 1.75. The van der Waals surface area contributed by atoms with Gasteiger partial charge in [-0.25, -0.2) is 0 Å². The molecular formula is C7H4F3NO. The average molecular weight is 175 g/mol. The number of hydrogen-bond acceptors (Lipinski definition) is 2. The SMILES string of the molecule is N#CC=CC=CC(=O)C(F)(F)F. The molecule has 0 N–H and O–H groups in total. The van der Waals surface area contributed by atoms with Crippen molar-refractivity contribution in [1.82, 2.24) is 0 Å². The van der Waals surface area contributed by atoms with Gasteiger partial charge in [-0.15, -0.1) is 0 Å². The van der Waals surface area contributed by atoms with E-state index in [0.717, 1.165) is 18.2 Å². The molecule has 0 aromatic heterocycles. The summed E-state index contributed by atoms with van der Waals surface area (Å²) in [6, 6.07) is 1.56. The first-order valence-corrected chi connectivity index (χ1v) is 2.82. The van der Waals surface area contributed by atoms with E-state index in [4.69, 9.17) is 5.26 Å². The molecule has 12 heavy (non-hydrogen) atoms. The van der Waals surface area contributed by atoms with Crippen LogP contribution >= 0.6 is 0 Å². The van der Waals surface area contributed by atoms with Gasteiger partial charge in [0, 0.05) is 6.08 Å². The molecule has 0 aliphatic rings. The number of alkyl halides is 3. The average Bonchev–Trinajstić information content (AvgIpc) is 1.96. The van der Waals surface area contributed by atoms with Crippen LogP contribution < -0.4 is 0 Å². The number of rotatable bonds is 2. The van der Waals surface area contributed by atoms with Gasteiger partial charge in [-0.3, -0.25) is 4.79 Å². The second-order valence-corrected chi connectivity index (χ2v) is 1.71. The largest absolute Gasteiger partial charge is 0.454 e. The lowest BCUT2D eigenvalue weighted by Crippen LogP contribution is -2.19. The molecule has 0 heterocycles. The third kappa shape index (κ3) is 4.28. The Balaban J connectivity index is 4.13. The fourth-order valence-electron chi connectivity index (χ4n) is 0.336. The minimum Gasteiger partial charge on any atom is -0.285 e. The van der Waals surface area contributed by atoms with Crippen LogP contribution in [0.1, 0.15) is 0 Å². The number of allylic oxidation sites excluding steroid dienone is 4. The lowest BCUT2D eigenvalue weighted by Gasteiger charge is -1.97. The van der Waals surface area contributed by atoms with Crippen LogP contribution in [0.5, 0.6) is 0 Å². The van der Waals surface area contributed by atoms with Crippen LogP contribution in [0.15, 0.2) is 24.3 Å². The van der Waals surface area contributed by atoms with Crippen molar-refractivity contribution < 1.29 is 18.0 Å². The second kappa shape index (κ2) is 4.34. The summed E-state index contributed by atoms with van der Waals surface area (Å²) < 4.78 is 34.4. The number of nitriles is 1. The minimum atomic E-state index is -4.84. The Labute approximate surface area is 66.6 Å². The third-order valence-electron chi connectivity index (χ3n) is 0.809. The van der Waals surface area contributed by atoms with Crippen LogP contribution in [-0.2, 0) is 4.79 Å². The summed E-state index contributed by atoms with van der Waals surface area (Å²) in [6.07, 6.45) is -1.62. The van der Waals surface area contributed by atoms with Crippen molar-refractivity contribution in [3.05, 3.63) is 24.3 Å². The lowest BCUT2D eigenvalue weighted by molar-refractivity contribution is -0.165. The molecule has 0 aliphatic heterocycles. The predicted molar refractivity (Wildman–Crippen MR) is 35.0 cm³/mol. The number of halogens is 3. The fourth-order valence-corrected chi connectivity index (χ4v) is 0.336. The van der Waals surface area contributed by atoms with Gasteiger partial charge < -0.3 is 0 Å². The van der Waals surface area contributed by atoms with E-state index < -0.39 is 12.0 Å². The molecule has 0 amide bonds. The summed E-state index contributed by atoms with van der Waals surface area (Å²) in [5.74, 6) is -1.94. The van der Waals surface area contributed by atoms with E-state index in [9.17, 15) is 18.0 Å². The molecule has 64 valence electrons. The molecule has 0 saturated carbocycles. The van der Waals surface area contributed by atoms with Crippen LogP contribution in [0.3, 0.4) is 0 Å². The summed E-state index contributed by atoms with van der Waals surface area (Å²) in [5.41, 5.74) is 0. The first-order chi connectivity index (χ1) is 5.48. The highest BCUT2D eigenvalue weighted by molar-refractivity contribution is 5.94. The van der Waals surface area contributed by atoms with Crippen LogP contribution in [-0.4, -0.2) is 12.0 Å². The molecule has 0 atom stereocenters. The van der Waals surface area contributed by atoms with E-state index in [1.165, 1.54) is 0 Å². The smallest absolute Gasteiger partial charge is 0.285 e. The molecule has 0 bridgehead atoms. The first kappa shape index (κ1) is 10.4. The minimum absolute atomic E-state index is 0.355. The van der Waals surface area contributed by atoms with Crippen LogP contribution in [0.4, 0.5) is 13.2 Å². The van der Waals surface area contributed by atoms with Crippen molar-refractivity contribution in [2.75, 3.05) is 0 Å². The van der Waals surface area contributed by atoms with E-state index in [-0.39, 0.29) is 0 Å². The molecule has 0 fully saturated rings. The standard InChI is InChI=1S/C7H4F3NO/c8-7(9,10)6(12)4-2-1-3-5-11/h1-4H. The Morgan fingerprint density at radius 3 is 2.33 bits per heavy atom. The van der Waals surface area contributed by atoms with E-state index in [0.29, 0.717) is 6.08 Å². The molecule has 0 unspecified atom stereocenters. The lowest BCUT2D eigenvalue weighted by atomic mass is 10.3. The van der Waals surface area contributed by atoms with Crippen molar-refractivity contribution in [1.29, 1.82) is 5.26 Å². The number of ketones is 1. The number of nitrogens with zero attached hydrogens (tertiary/aromatic N) is 1. The zero-order valence-electron chi connectivity index (χ0n) is 5.80. The van der Waals surface area contributed by atoms with E-state index in [1.807, 2.05) is 0 Å². The molecule has 5 heteroatoms. The van der Waals surface area contributed by atoms with Crippen molar-refractivity contribution in [3.63, 3.8) is 0 Å². The fraction of sp³-hybridized carbons (Fsp3) is 0.143. The number of hydrogen-bond donors (Lipinski definition) is 0. The van der Waals surface area contributed by atoms with Crippen molar-refractivity contribution in [3.8, 4) is 6.07 Å². The van der Waals surface area contributed by atoms with Crippen molar-refractivity contribution >= 4 is 5.78 Å². The summed E-state index contributed by atoms with van der Waals surface area (Å²) in [5, 5.41) is 7.91. The Bertz CT molecular complexity index is 257. The Morgan fingerprint density at radius 1 is 1.33 bits per heavy atom. The summed E-state index contributed by atoms with van der Waals surface area (Å²) >= 11 is 0. The molecule has 0 rings (SSSR count). The quantitative estimate of drug-likeness (QED) is 0.364. The number of carbonyl (C=O) groups excluding carboxylic acids is 1. The summed E-state index contributed by atoms with van der Waals surface area (Å²) in [6.45, 7) is 0. The van der Waals surface area contributed by atoms with Gasteiger partial charge in [0.25, 0.3) is 5.78 Å². The van der Waals surface area contributed by atoms with Crippen molar-refractivity contribution in [2.45, 2.75) is 6.18 Å². The highest BCUT2D eigenvalue weighted by Crippen LogP contribution is 2.16. The van der Waals surface area contributed by atoms with E-state index in [1.54, 1.807) is 6.07 Å². The summed E-state index contributed by atoms with van der Waals surface area (Å²) in [4.78, 5) is 10.1. The van der Waals surface area contributed by atoms with Crippen LogP contribution in [0.2, 0.25) is 0 Å². The van der Waals surface area contributed by atoms with Gasteiger partial charge in [-0.05, 0) is 6.08 Å². The van der Waals surface area contributed by atoms with Gasteiger partial charge in [-0.1, -0.05) is 12.2 Å². The molecule has 2 nitrogen and oxygen atoms in total. The third-order valence-corrected chi connectivity index (χ3v) is 0.809. The Morgan fingerprint density at radius 2 is 1.92 bits per heavy atom. The molecule has 0 radical (unpaired) electrons. The van der Waals surface area contributed by atoms with Gasteiger partial charge in [-0.2, -0.15) is 18.4 Å². The molecule has 0 aliphatic carbocycles. The number of carbonyl (C=O) groups is 1.